The standard InChI is InChI=1S/C11H21.3C4H9.Sn/c1-3-5-7-9-11-10-8-6-4-2;3*1-3-4-2;/h3,5H,1,4,6-11H2,2H3;3*1,3-4H2,2H3;/b5-3+;;;;. The number of allylic oxidation sites excluding steroid dienone is 2. The monoisotopic (exact) mass is 444 g/mol. The van der Waals surface area contributed by atoms with Gasteiger partial charge in [-0.15, -0.1) is 0 Å². The molecule has 0 aliphatic heterocycles. The van der Waals surface area contributed by atoms with Crippen LogP contribution in [0, 0.1) is 0 Å². The predicted molar refractivity (Wildman–Crippen MR) is 117 cm³/mol. The normalized spacial score (nSPS) is 12.3. The molecule has 0 atom stereocenters. The van der Waals surface area contributed by atoms with E-state index in [1.54, 1.807) is 17.7 Å². The summed E-state index contributed by atoms with van der Waals surface area (Å²) in [5.74, 6) is 0. The Hall–Kier alpha value is 0.539. The third-order valence-electron chi connectivity index (χ3n) is 5.62. The summed E-state index contributed by atoms with van der Waals surface area (Å²) in [5.41, 5.74) is 0. The van der Waals surface area contributed by atoms with Crippen LogP contribution in [0.25, 0.3) is 0 Å². The Bertz CT molecular complexity index is 247. The van der Waals surface area contributed by atoms with Crippen LogP contribution in [0.3, 0.4) is 0 Å². The Morgan fingerprint density at radius 2 is 0.958 bits per heavy atom. The van der Waals surface area contributed by atoms with E-state index in [2.05, 4.69) is 39.8 Å². The van der Waals surface area contributed by atoms with Crippen LogP contribution in [0.5, 0.6) is 0 Å². The molecule has 0 bridgehead atoms. The van der Waals surface area contributed by atoms with Gasteiger partial charge in [-0.25, -0.2) is 0 Å². The Balaban J connectivity index is 4.26. The van der Waals surface area contributed by atoms with Crippen LogP contribution in [-0.4, -0.2) is 18.4 Å². The molecule has 0 fully saturated rings. The van der Waals surface area contributed by atoms with Crippen molar-refractivity contribution in [2.75, 3.05) is 0 Å². The third kappa shape index (κ3) is 13.8. The first kappa shape index (κ1) is 24.5. The molecular weight excluding hydrogens is 395 g/mol. The van der Waals surface area contributed by atoms with E-state index >= 15 is 0 Å². The van der Waals surface area contributed by atoms with Gasteiger partial charge in [-0.1, -0.05) is 0 Å². The fraction of sp³-hybridized carbons (Fsp3) is 0.913. The summed E-state index contributed by atoms with van der Waals surface area (Å²) in [6.45, 7) is 9.44. The molecule has 0 N–H and O–H groups in total. The second-order valence-corrected chi connectivity index (χ2v) is 22.1. The molecule has 0 nitrogen and oxygen atoms in total. The second-order valence-electron chi connectivity index (χ2n) is 8.04. The van der Waals surface area contributed by atoms with Gasteiger partial charge in [0.2, 0.25) is 0 Å². The van der Waals surface area contributed by atoms with Crippen LogP contribution < -0.4 is 0 Å². The van der Waals surface area contributed by atoms with Crippen molar-refractivity contribution >= 4 is 18.4 Å². The fourth-order valence-electron chi connectivity index (χ4n) is 3.83. The molecule has 0 aromatic heterocycles. The Morgan fingerprint density at radius 1 is 0.500 bits per heavy atom. The maximum absolute atomic E-state index is 2.64. The first-order valence-electron chi connectivity index (χ1n) is 11.4. The van der Waals surface area contributed by atoms with Crippen molar-refractivity contribution in [1.29, 1.82) is 0 Å². The van der Waals surface area contributed by atoms with Crippen LogP contribution >= 0.6 is 0 Å². The Morgan fingerprint density at radius 3 is 1.46 bits per heavy atom. The summed E-state index contributed by atoms with van der Waals surface area (Å²) in [7, 11) is 0. The van der Waals surface area contributed by atoms with Gasteiger partial charge in [0, 0.05) is 0 Å². The number of hydrogen-bond donors (Lipinski definition) is 0. The molecule has 0 spiro atoms. The van der Waals surface area contributed by atoms with Crippen LogP contribution in [-0.2, 0) is 0 Å². The van der Waals surface area contributed by atoms with Crippen molar-refractivity contribution in [2.24, 2.45) is 0 Å². The average molecular weight is 443 g/mol. The Labute approximate surface area is 159 Å². The molecule has 0 rings (SSSR count). The molecule has 0 radical (unpaired) electrons. The van der Waals surface area contributed by atoms with E-state index in [0.717, 1.165) is 0 Å². The molecule has 0 heterocycles. The van der Waals surface area contributed by atoms with Crippen LogP contribution in [0.15, 0.2) is 12.2 Å². The van der Waals surface area contributed by atoms with Crippen molar-refractivity contribution in [1.82, 2.24) is 0 Å². The molecule has 0 aliphatic rings. The molecule has 0 aliphatic carbocycles. The minimum absolute atomic E-state index is 1.34. The van der Waals surface area contributed by atoms with Gasteiger partial charge >= 0.3 is 159 Å². The molecule has 0 saturated heterocycles. The number of unbranched alkanes of at least 4 members (excludes halogenated alkanes) is 9. The molecule has 0 aromatic rings. The van der Waals surface area contributed by atoms with E-state index in [1.165, 1.54) is 83.5 Å². The van der Waals surface area contributed by atoms with Gasteiger partial charge in [-0.2, -0.15) is 0 Å². The first-order chi connectivity index (χ1) is 11.7. The first-order valence-corrected chi connectivity index (χ1v) is 19.5. The van der Waals surface area contributed by atoms with Gasteiger partial charge in [0.05, 0.1) is 0 Å². The molecule has 24 heavy (non-hydrogen) atoms. The zero-order valence-corrected chi connectivity index (χ0v) is 20.5. The average Bonchev–Trinajstić information content (AvgIpc) is 2.61. The maximum atomic E-state index is 2.64. The van der Waals surface area contributed by atoms with Gasteiger partial charge in [-0.3, -0.25) is 0 Å². The fourth-order valence-corrected chi connectivity index (χ4v) is 19.1. The second kappa shape index (κ2) is 18.3. The zero-order valence-electron chi connectivity index (χ0n) is 17.7. The molecule has 144 valence electrons. The molecular formula is C23H48Sn. The van der Waals surface area contributed by atoms with Crippen molar-refractivity contribution in [3.8, 4) is 0 Å². The molecule has 0 unspecified atom stereocenters. The van der Waals surface area contributed by atoms with Gasteiger partial charge < -0.3 is 0 Å². The minimum atomic E-state index is -1.87. The van der Waals surface area contributed by atoms with Gasteiger partial charge in [0.15, 0.2) is 0 Å². The van der Waals surface area contributed by atoms with E-state index in [1.807, 2.05) is 0 Å². The summed E-state index contributed by atoms with van der Waals surface area (Å²) < 4.78 is 6.52. The van der Waals surface area contributed by atoms with E-state index in [4.69, 9.17) is 0 Å². The van der Waals surface area contributed by atoms with E-state index in [0.29, 0.717) is 0 Å². The van der Waals surface area contributed by atoms with E-state index in [9.17, 15) is 0 Å². The van der Waals surface area contributed by atoms with Crippen molar-refractivity contribution < 1.29 is 0 Å². The predicted octanol–water partition coefficient (Wildman–Crippen LogP) is 9.14. The molecule has 0 amide bonds. The van der Waals surface area contributed by atoms with Gasteiger partial charge in [-0.05, 0) is 0 Å². The molecule has 0 aromatic carbocycles. The number of hydrogen-bond acceptors (Lipinski definition) is 0. The van der Waals surface area contributed by atoms with E-state index in [-0.39, 0.29) is 0 Å². The SMILES string of the molecule is CCCCCCCC/C=C/[CH2][Sn]([CH2]CCC)([CH2]CCC)[CH2]CCC. The van der Waals surface area contributed by atoms with Crippen LogP contribution in [0.4, 0.5) is 0 Å². The summed E-state index contributed by atoms with van der Waals surface area (Å²) in [4.78, 5) is 0. The molecule has 1 heteroatoms. The van der Waals surface area contributed by atoms with Crippen LogP contribution in [0.2, 0.25) is 17.7 Å². The quantitative estimate of drug-likeness (QED) is 0.113. The third-order valence-corrected chi connectivity index (χ3v) is 20.9. The van der Waals surface area contributed by atoms with Crippen LogP contribution in [0.1, 0.15) is 111 Å². The topological polar surface area (TPSA) is 0 Å². The van der Waals surface area contributed by atoms with Crippen molar-refractivity contribution in [3.63, 3.8) is 0 Å². The van der Waals surface area contributed by atoms with Crippen molar-refractivity contribution in [3.05, 3.63) is 12.2 Å². The summed E-state index contributed by atoms with van der Waals surface area (Å²) in [6, 6.07) is 0. The summed E-state index contributed by atoms with van der Waals surface area (Å²) in [6.07, 6.45) is 23.8. The Kier molecular flexibility index (Phi) is 18.7. The zero-order chi connectivity index (χ0) is 17.9. The van der Waals surface area contributed by atoms with Gasteiger partial charge in [0.1, 0.15) is 0 Å². The summed E-state index contributed by atoms with van der Waals surface area (Å²) >= 11 is -1.87. The van der Waals surface area contributed by atoms with Crippen molar-refractivity contribution in [2.45, 2.75) is 129 Å². The van der Waals surface area contributed by atoms with Gasteiger partial charge in [0.25, 0.3) is 0 Å². The van der Waals surface area contributed by atoms with E-state index < -0.39 is 18.4 Å². The number of rotatable bonds is 18. The summed E-state index contributed by atoms with van der Waals surface area (Å²) in [5, 5.41) is 0. The molecule has 0 saturated carbocycles.